The molecule has 0 radical (unpaired) electrons. The predicted octanol–water partition coefficient (Wildman–Crippen LogP) is 1.42. The van der Waals surface area contributed by atoms with Crippen LogP contribution in [0.25, 0.3) is 10.9 Å². The number of carbonyl (C=O) groups excluding carboxylic acids is 2. The normalized spacial score (nSPS) is 18.8. The number of carbonyl (C=O) groups is 2. The van der Waals surface area contributed by atoms with Crippen LogP contribution in [0.3, 0.4) is 0 Å². The van der Waals surface area contributed by atoms with E-state index in [0.717, 1.165) is 22.2 Å². The van der Waals surface area contributed by atoms with Gasteiger partial charge in [-0.25, -0.2) is 4.79 Å². The van der Waals surface area contributed by atoms with Crippen LogP contribution >= 0.6 is 0 Å². The summed E-state index contributed by atoms with van der Waals surface area (Å²) in [6.45, 7) is 1.87. The van der Waals surface area contributed by atoms with E-state index in [9.17, 15) is 9.59 Å². The molecule has 2 heterocycles. The molecule has 18 heavy (non-hydrogen) atoms. The molecule has 0 bridgehead atoms. The van der Waals surface area contributed by atoms with Crippen molar-refractivity contribution in [2.75, 3.05) is 0 Å². The fourth-order valence-electron chi connectivity index (χ4n) is 2.21. The average molecular weight is 241 g/mol. The Bertz CT molecular complexity index is 666. The number of urea groups is 1. The van der Waals surface area contributed by atoms with Crippen molar-refractivity contribution >= 4 is 22.8 Å². The zero-order valence-electron chi connectivity index (χ0n) is 9.73. The summed E-state index contributed by atoms with van der Waals surface area (Å²) >= 11 is 0. The van der Waals surface area contributed by atoms with Gasteiger partial charge < -0.3 is 5.32 Å². The molecule has 1 aromatic carbocycles. The number of para-hydroxylation sites is 1. The number of hydrogen-bond donors (Lipinski definition) is 2. The number of fused-ring (bicyclic) bond motifs is 1. The van der Waals surface area contributed by atoms with E-state index in [0.29, 0.717) is 0 Å². The lowest BCUT2D eigenvalue weighted by atomic mass is 10.0. The fraction of sp³-hybridized carbons (Fsp3) is 0.154. The highest BCUT2D eigenvalue weighted by molar-refractivity contribution is 6.06. The molecule has 1 atom stereocenters. The number of rotatable bonds is 1. The summed E-state index contributed by atoms with van der Waals surface area (Å²) in [7, 11) is 0. The molecule has 5 nitrogen and oxygen atoms in total. The van der Waals surface area contributed by atoms with Crippen molar-refractivity contribution in [3.05, 3.63) is 41.6 Å². The molecule has 5 heteroatoms. The van der Waals surface area contributed by atoms with E-state index in [4.69, 9.17) is 0 Å². The molecule has 1 saturated heterocycles. The van der Waals surface area contributed by atoms with Crippen LogP contribution in [-0.2, 0) is 4.79 Å². The van der Waals surface area contributed by atoms with Crippen LogP contribution in [0.4, 0.5) is 4.79 Å². The van der Waals surface area contributed by atoms with Crippen molar-refractivity contribution in [2.45, 2.75) is 13.0 Å². The van der Waals surface area contributed by atoms with Gasteiger partial charge in [0, 0.05) is 11.1 Å². The van der Waals surface area contributed by atoms with Crippen molar-refractivity contribution in [3.8, 4) is 0 Å². The first kappa shape index (κ1) is 10.7. The molecule has 2 aromatic rings. The number of amides is 3. The third-order valence-electron chi connectivity index (χ3n) is 2.96. The first-order valence-corrected chi connectivity index (χ1v) is 5.63. The third-order valence-corrected chi connectivity index (χ3v) is 2.96. The molecule has 1 fully saturated rings. The molecule has 1 aliphatic heterocycles. The van der Waals surface area contributed by atoms with Crippen LogP contribution in [-0.4, -0.2) is 16.9 Å². The van der Waals surface area contributed by atoms with Gasteiger partial charge in [0.2, 0.25) is 0 Å². The quantitative estimate of drug-likeness (QED) is 0.742. The van der Waals surface area contributed by atoms with Gasteiger partial charge in [0.15, 0.2) is 0 Å². The molecule has 2 N–H and O–H groups in total. The number of nitrogens with one attached hydrogen (secondary N) is 2. The van der Waals surface area contributed by atoms with E-state index in [2.05, 4.69) is 15.6 Å². The molecular weight excluding hydrogens is 230 g/mol. The van der Waals surface area contributed by atoms with Crippen LogP contribution in [0.15, 0.2) is 30.3 Å². The van der Waals surface area contributed by atoms with Gasteiger partial charge >= 0.3 is 6.03 Å². The lowest BCUT2D eigenvalue weighted by Gasteiger charge is -2.12. The summed E-state index contributed by atoms with van der Waals surface area (Å²) < 4.78 is 0. The highest BCUT2D eigenvalue weighted by atomic mass is 16.2. The minimum absolute atomic E-state index is 0.323. The minimum atomic E-state index is -0.635. The molecule has 1 aliphatic rings. The second-order valence-corrected chi connectivity index (χ2v) is 4.27. The molecule has 0 saturated carbocycles. The molecule has 0 spiro atoms. The maximum Gasteiger partial charge on any atom is 0.322 e. The van der Waals surface area contributed by atoms with Crippen molar-refractivity contribution in [2.24, 2.45) is 0 Å². The molecular formula is C13H11N3O2. The maximum atomic E-state index is 11.7. The van der Waals surface area contributed by atoms with Crippen molar-refractivity contribution in [1.29, 1.82) is 0 Å². The first-order valence-electron chi connectivity index (χ1n) is 5.63. The van der Waals surface area contributed by atoms with Crippen LogP contribution in [0, 0.1) is 6.92 Å². The second-order valence-electron chi connectivity index (χ2n) is 4.27. The molecule has 1 unspecified atom stereocenters. The van der Waals surface area contributed by atoms with Crippen LogP contribution < -0.4 is 10.6 Å². The topological polar surface area (TPSA) is 71.1 Å². The Kier molecular flexibility index (Phi) is 2.26. The Morgan fingerprint density at radius 3 is 2.72 bits per heavy atom. The van der Waals surface area contributed by atoms with Gasteiger partial charge in [0.1, 0.15) is 6.04 Å². The molecule has 90 valence electrons. The van der Waals surface area contributed by atoms with Crippen molar-refractivity contribution in [1.82, 2.24) is 15.6 Å². The summed E-state index contributed by atoms with van der Waals surface area (Å²) in [5, 5.41) is 5.73. The van der Waals surface area contributed by atoms with Crippen molar-refractivity contribution in [3.63, 3.8) is 0 Å². The average Bonchev–Trinajstić information content (AvgIpc) is 2.67. The van der Waals surface area contributed by atoms with E-state index in [1.54, 1.807) is 0 Å². The Labute approximate surface area is 103 Å². The summed E-state index contributed by atoms with van der Waals surface area (Å²) in [4.78, 5) is 27.3. The smallest absolute Gasteiger partial charge is 0.322 e. The summed E-state index contributed by atoms with van der Waals surface area (Å²) in [6.07, 6.45) is 0. The van der Waals surface area contributed by atoms with Crippen LogP contribution in [0.1, 0.15) is 17.3 Å². The SMILES string of the molecule is Cc1cc(C2NC(=O)NC2=O)c2ccccc2n1. The van der Waals surface area contributed by atoms with E-state index in [1.807, 2.05) is 37.3 Å². The van der Waals surface area contributed by atoms with E-state index >= 15 is 0 Å². The fourth-order valence-corrected chi connectivity index (χ4v) is 2.21. The number of aromatic nitrogens is 1. The van der Waals surface area contributed by atoms with E-state index in [1.165, 1.54) is 0 Å². The number of hydrogen-bond acceptors (Lipinski definition) is 3. The standard InChI is InChI=1S/C13H11N3O2/c1-7-6-9(11-12(17)16-13(18)15-11)8-4-2-3-5-10(8)14-7/h2-6,11H,1H3,(H2,15,16,17,18). The van der Waals surface area contributed by atoms with E-state index < -0.39 is 12.1 Å². The van der Waals surface area contributed by atoms with E-state index in [-0.39, 0.29) is 5.91 Å². The zero-order chi connectivity index (χ0) is 12.7. The highest BCUT2D eigenvalue weighted by Gasteiger charge is 2.32. The van der Waals surface area contributed by atoms with Gasteiger partial charge in [-0.2, -0.15) is 0 Å². The molecule has 0 aliphatic carbocycles. The Balaban J connectivity index is 2.22. The third kappa shape index (κ3) is 1.60. The van der Waals surface area contributed by atoms with Gasteiger partial charge in [-0.3, -0.25) is 15.1 Å². The lowest BCUT2D eigenvalue weighted by Crippen LogP contribution is -2.22. The second kappa shape index (κ2) is 3.80. The number of pyridine rings is 1. The molecule has 3 amide bonds. The molecule has 1 aromatic heterocycles. The highest BCUT2D eigenvalue weighted by Crippen LogP contribution is 2.25. The number of benzene rings is 1. The zero-order valence-corrected chi connectivity index (χ0v) is 9.73. The summed E-state index contributed by atoms with van der Waals surface area (Å²) in [5.74, 6) is -0.323. The minimum Gasteiger partial charge on any atom is -0.322 e. The number of nitrogens with zero attached hydrogens (tertiary/aromatic N) is 1. The Morgan fingerprint density at radius 2 is 2.00 bits per heavy atom. The van der Waals surface area contributed by atoms with Gasteiger partial charge in [-0.1, -0.05) is 18.2 Å². The largest absolute Gasteiger partial charge is 0.322 e. The van der Waals surface area contributed by atoms with Gasteiger partial charge in [-0.15, -0.1) is 0 Å². The predicted molar refractivity (Wildman–Crippen MR) is 65.9 cm³/mol. The van der Waals surface area contributed by atoms with Gasteiger partial charge in [0.25, 0.3) is 5.91 Å². The maximum absolute atomic E-state index is 11.7. The lowest BCUT2D eigenvalue weighted by molar-refractivity contribution is -0.120. The Morgan fingerprint density at radius 1 is 1.22 bits per heavy atom. The Hall–Kier alpha value is -2.43. The number of imide groups is 1. The summed E-state index contributed by atoms with van der Waals surface area (Å²) in [5.41, 5.74) is 2.42. The van der Waals surface area contributed by atoms with Crippen LogP contribution in [0.2, 0.25) is 0 Å². The van der Waals surface area contributed by atoms with Crippen LogP contribution in [0.5, 0.6) is 0 Å². The first-order chi connectivity index (χ1) is 8.65. The van der Waals surface area contributed by atoms with Crippen molar-refractivity contribution < 1.29 is 9.59 Å². The molecule has 3 rings (SSSR count). The monoisotopic (exact) mass is 241 g/mol. The summed E-state index contributed by atoms with van der Waals surface area (Å²) in [6, 6.07) is 8.31. The number of aryl methyl sites for hydroxylation is 1. The van der Waals surface area contributed by atoms with Gasteiger partial charge in [-0.05, 0) is 24.6 Å². The van der Waals surface area contributed by atoms with Gasteiger partial charge in [0.05, 0.1) is 5.52 Å².